The van der Waals surface area contributed by atoms with Crippen molar-refractivity contribution in [1.29, 1.82) is 0 Å². The van der Waals surface area contributed by atoms with Crippen LogP contribution in [0.25, 0.3) is 11.1 Å². The molecule has 0 saturated carbocycles. The zero-order valence-electron chi connectivity index (χ0n) is 12.0. The van der Waals surface area contributed by atoms with Gasteiger partial charge >= 0.3 is 5.76 Å². The van der Waals surface area contributed by atoms with Crippen LogP contribution in [-0.2, 0) is 17.1 Å². The molecule has 2 heterocycles. The Bertz CT molecular complexity index is 821. The van der Waals surface area contributed by atoms with Crippen LogP contribution in [0, 0.1) is 0 Å². The van der Waals surface area contributed by atoms with Crippen molar-refractivity contribution in [2.45, 2.75) is 23.8 Å². The Balaban J connectivity index is 0.00000176. The van der Waals surface area contributed by atoms with Gasteiger partial charge in [-0.2, -0.15) is 0 Å². The van der Waals surface area contributed by atoms with E-state index in [1.54, 1.807) is 13.1 Å². The summed E-state index contributed by atoms with van der Waals surface area (Å²) in [5.74, 6) is -0.511. The average Bonchev–Trinajstić information content (AvgIpc) is 3.06. The van der Waals surface area contributed by atoms with Crippen molar-refractivity contribution in [1.82, 2.24) is 14.6 Å². The van der Waals surface area contributed by atoms with E-state index in [1.807, 2.05) is 0 Å². The minimum Gasteiger partial charge on any atom is -0.408 e. The van der Waals surface area contributed by atoms with Crippen molar-refractivity contribution in [3.63, 3.8) is 0 Å². The van der Waals surface area contributed by atoms with Gasteiger partial charge in [-0.3, -0.25) is 4.57 Å². The van der Waals surface area contributed by atoms with Gasteiger partial charge in [0.25, 0.3) is 0 Å². The second kappa shape index (κ2) is 6.41. The van der Waals surface area contributed by atoms with Gasteiger partial charge < -0.3 is 9.73 Å². The number of nitrogens with one attached hydrogen (secondary N) is 2. The lowest BCUT2D eigenvalue weighted by molar-refractivity contribution is 0.526. The summed E-state index contributed by atoms with van der Waals surface area (Å²) >= 11 is 0. The van der Waals surface area contributed by atoms with E-state index in [1.165, 1.54) is 16.7 Å². The monoisotopic (exact) mass is 347 g/mol. The maximum atomic E-state index is 12.3. The van der Waals surface area contributed by atoms with Crippen molar-refractivity contribution in [3.8, 4) is 0 Å². The van der Waals surface area contributed by atoms with Gasteiger partial charge in [0.05, 0.1) is 10.4 Å². The van der Waals surface area contributed by atoms with Crippen LogP contribution in [0.2, 0.25) is 0 Å². The number of sulfonamides is 1. The van der Waals surface area contributed by atoms with Crippen molar-refractivity contribution < 1.29 is 12.8 Å². The molecule has 22 heavy (non-hydrogen) atoms. The molecule has 1 aliphatic heterocycles. The van der Waals surface area contributed by atoms with Gasteiger partial charge in [0.1, 0.15) is 0 Å². The van der Waals surface area contributed by atoms with Crippen molar-refractivity contribution in [3.05, 3.63) is 28.7 Å². The van der Waals surface area contributed by atoms with E-state index >= 15 is 0 Å². The summed E-state index contributed by atoms with van der Waals surface area (Å²) in [5.41, 5.74) is 0.834. The smallest absolute Gasteiger partial charge is 0.408 e. The molecule has 0 radical (unpaired) electrons. The van der Waals surface area contributed by atoms with Crippen LogP contribution in [0.15, 0.2) is 32.3 Å². The fourth-order valence-electron chi connectivity index (χ4n) is 2.51. The molecule has 1 saturated heterocycles. The van der Waals surface area contributed by atoms with E-state index in [2.05, 4.69) is 10.0 Å². The first-order valence-electron chi connectivity index (χ1n) is 6.80. The molecule has 1 fully saturated rings. The standard InChI is InChI=1S/C13H17N3O4S.ClH/c1-16-11-5-4-10(7-12(11)20-13(16)17)21(18,19)15-8-9-3-2-6-14-9;/h4-5,7,9,14-15H,2-3,6,8H2,1H3;1H. The number of hydrogen-bond donors (Lipinski definition) is 2. The highest BCUT2D eigenvalue weighted by Gasteiger charge is 2.20. The van der Waals surface area contributed by atoms with Crippen LogP contribution >= 0.6 is 12.4 Å². The Kier molecular flexibility index (Phi) is 4.96. The summed E-state index contributed by atoms with van der Waals surface area (Å²) < 4.78 is 33.5. The van der Waals surface area contributed by atoms with Crippen LogP contribution in [0.4, 0.5) is 0 Å². The number of rotatable bonds is 4. The molecule has 9 heteroatoms. The summed E-state index contributed by atoms with van der Waals surface area (Å²) in [7, 11) is -2.03. The second-order valence-corrected chi connectivity index (χ2v) is 6.97. The molecule has 1 aromatic heterocycles. The first-order valence-corrected chi connectivity index (χ1v) is 8.28. The summed E-state index contributed by atoms with van der Waals surface area (Å²) in [5, 5.41) is 3.23. The Morgan fingerprint density at radius 3 is 2.91 bits per heavy atom. The maximum Gasteiger partial charge on any atom is 0.419 e. The molecule has 1 aromatic carbocycles. The predicted molar refractivity (Wildman–Crippen MR) is 84.9 cm³/mol. The first kappa shape index (κ1) is 17.0. The number of aromatic nitrogens is 1. The molecule has 122 valence electrons. The third-order valence-electron chi connectivity index (χ3n) is 3.76. The molecule has 0 bridgehead atoms. The Morgan fingerprint density at radius 1 is 1.45 bits per heavy atom. The molecule has 0 aliphatic carbocycles. The Morgan fingerprint density at radius 2 is 2.23 bits per heavy atom. The molecule has 0 spiro atoms. The zero-order chi connectivity index (χ0) is 15.0. The molecule has 1 unspecified atom stereocenters. The second-order valence-electron chi connectivity index (χ2n) is 5.20. The molecule has 1 aliphatic rings. The maximum absolute atomic E-state index is 12.3. The van der Waals surface area contributed by atoms with Gasteiger partial charge in [-0.25, -0.2) is 17.9 Å². The number of hydrogen-bond acceptors (Lipinski definition) is 5. The highest BCUT2D eigenvalue weighted by atomic mass is 35.5. The fourth-order valence-corrected chi connectivity index (χ4v) is 3.60. The highest BCUT2D eigenvalue weighted by Crippen LogP contribution is 2.18. The number of fused-ring (bicyclic) bond motifs is 1. The molecule has 1 atom stereocenters. The van der Waals surface area contributed by atoms with Gasteiger partial charge in [0.15, 0.2) is 5.58 Å². The topological polar surface area (TPSA) is 93.3 Å². The van der Waals surface area contributed by atoms with Gasteiger partial charge in [-0.15, -0.1) is 12.4 Å². The molecule has 0 amide bonds. The van der Waals surface area contributed by atoms with Crippen molar-refractivity contribution >= 4 is 33.5 Å². The molecule has 3 rings (SSSR count). The van der Waals surface area contributed by atoms with Crippen molar-refractivity contribution in [2.24, 2.45) is 7.05 Å². The average molecular weight is 348 g/mol. The lowest BCUT2D eigenvalue weighted by Crippen LogP contribution is -2.37. The summed E-state index contributed by atoms with van der Waals surface area (Å²) in [6.07, 6.45) is 2.03. The normalized spacial score (nSPS) is 18.5. The minimum atomic E-state index is -3.60. The lowest BCUT2D eigenvalue weighted by Gasteiger charge is -2.11. The largest absolute Gasteiger partial charge is 0.419 e. The molecule has 2 aromatic rings. The van der Waals surface area contributed by atoms with Crippen LogP contribution in [-0.4, -0.2) is 32.1 Å². The quantitative estimate of drug-likeness (QED) is 0.844. The summed E-state index contributed by atoms with van der Waals surface area (Å²) in [4.78, 5) is 11.5. The van der Waals surface area contributed by atoms with Crippen LogP contribution in [0.5, 0.6) is 0 Å². The molecule has 2 N–H and O–H groups in total. The van der Waals surface area contributed by atoms with Gasteiger partial charge in [-0.1, -0.05) is 0 Å². The van der Waals surface area contributed by atoms with E-state index in [0.29, 0.717) is 12.1 Å². The Labute approximate surface area is 134 Å². The molecular weight excluding hydrogens is 330 g/mol. The third kappa shape index (κ3) is 3.19. The van der Waals surface area contributed by atoms with Gasteiger partial charge in [0, 0.05) is 25.7 Å². The first-order chi connectivity index (χ1) is 9.97. The Hall–Kier alpha value is -1.35. The molecular formula is C13H18ClN3O4S. The van der Waals surface area contributed by atoms with Crippen LogP contribution in [0.3, 0.4) is 0 Å². The number of aryl methyl sites for hydroxylation is 1. The van der Waals surface area contributed by atoms with Gasteiger partial charge in [-0.05, 0) is 31.5 Å². The fraction of sp³-hybridized carbons (Fsp3) is 0.462. The van der Waals surface area contributed by atoms with Crippen LogP contribution in [0.1, 0.15) is 12.8 Å². The summed E-state index contributed by atoms with van der Waals surface area (Å²) in [6.45, 7) is 1.28. The zero-order valence-corrected chi connectivity index (χ0v) is 13.7. The SMILES string of the molecule is Cl.Cn1c(=O)oc2cc(S(=O)(=O)NCC3CCCN3)ccc21. The predicted octanol–water partition coefficient (Wildman–Crippen LogP) is 0.584. The number of halogens is 1. The van der Waals surface area contributed by atoms with E-state index in [-0.39, 0.29) is 28.9 Å². The van der Waals surface area contributed by atoms with Crippen LogP contribution < -0.4 is 15.8 Å². The lowest BCUT2D eigenvalue weighted by atomic mass is 10.2. The number of benzene rings is 1. The van der Waals surface area contributed by atoms with E-state index in [4.69, 9.17) is 4.42 Å². The summed E-state index contributed by atoms with van der Waals surface area (Å²) in [6, 6.07) is 4.60. The highest BCUT2D eigenvalue weighted by molar-refractivity contribution is 7.89. The van der Waals surface area contributed by atoms with E-state index in [9.17, 15) is 13.2 Å². The van der Waals surface area contributed by atoms with E-state index in [0.717, 1.165) is 19.4 Å². The third-order valence-corrected chi connectivity index (χ3v) is 5.18. The molecule has 7 nitrogen and oxygen atoms in total. The van der Waals surface area contributed by atoms with E-state index < -0.39 is 15.8 Å². The van der Waals surface area contributed by atoms with Gasteiger partial charge in [0.2, 0.25) is 10.0 Å². The number of nitrogens with zero attached hydrogens (tertiary/aromatic N) is 1. The minimum absolute atomic E-state index is 0. The van der Waals surface area contributed by atoms with Crippen molar-refractivity contribution in [2.75, 3.05) is 13.1 Å². The number of oxazole rings is 1.